The highest BCUT2D eigenvalue weighted by Gasteiger charge is 2.29. The molecule has 0 saturated heterocycles. The van der Waals surface area contributed by atoms with Gasteiger partial charge in [0.05, 0.1) is 0 Å². The second-order valence-corrected chi connectivity index (χ2v) is 8.23. The SMILES string of the molecule is CCNC(=O)[C@H](Cc1ccccc1)N(Cc1ccc(F)cc1)C(=O)CCc1ccc(C)cc1. The average molecular weight is 447 g/mol. The van der Waals surface area contributed by atoms with E-state index in [0.29, 0.717) is 19.4 Å². The molecular weight excluding hydrogens is 415 g/mol. The van der Waals surface area contributed by atoms with Crippen LogP contribution >= 0.6 is 0 Å². The lowest BCUT2D eigenvalue weighted by Gasteiger charge is -2.31. The predicted octanol–water partition coefficient (Wildman–Crippen LogP) is 4.84. The summed E-state index contributed by atoms with van der Waals surface area (Å²) in [6, 6.07) is 23.2. The molecule has 0 bridgehead atoms. The number of nitrogens with one attached hydrogen (secondary N) is 1. The van der Waals surface area contributed by atoms with E-state index < -0.39 is 6.04 Å². The summed E-state index contributed by atoms with van der Waals surface area (Å²) in [6.07, 6.45) is 1.28. The molecule has 0 aliphatic carbocycles. The molecule has 0 unspecified atom stereocenters. The van der Waals surface area contributed by atoms with Crippen LogP contribution in [-0.4, -0.2) is 29.3 Å². The van der Waals surface area contributed by atoms with Crippen molar-refractivity contribution < 1.29 is 14.0 Å². The monoisotopic (exact) mass is 446 g/mol. The van der Waals surface area contributed by atoms with Gasteiger partial charge in [0.1, 0.15) is 11.9 Å². The topological polar surface area (TPSA) is 49.4 Å². The first-order valence-electron chi connectivity index (χ1n) is 11.4. The lowest BCUT2D eigenvalue weighted by atomic mass is 10.0. The standard InChI is InChI=1S/C28H31FN2O2/c1-3-30-28(33)26(19-23-7-5-4-6-8-23)31(20-24-13-16-25(29)17-14-24)27(32)18-15-22-11-9-21(2)10-12-22/h4-14,16-17,26H,3,15,18-20H2,1-2H3,(H,30,33)/t26-/m0/s1. The molecule has 1 atom stereocenters. The molecule has 3 aromatic rings. The first kappa shape index (κ1) is 24.2. The van der Waals surface area contributed by atoms with Crippen molar-refractivity contribution in [2.75, 3.05) is 6.54 Å². The molecule has 33 heavy (non-hydrogen) atoms. The fraction of sp³-hybridized carbons (Fsp3) is 0.286. The number of likely N-dealkylation sites (N-methyl/N-ethyl adjacent to an activating group) is 1. The third-order valence-electron chi connectivity index (χ3n) is 5.64. The van der Waals surface area contributed by atoms with Gasteiger partial charge in [0.25, 0.3) is 0 Å². The number of carbonyl (C=O) groups is 2. The van der Waals surface area contributed by atoms with Crippen LogP contribution in [0.5, 0.6) is 0 Å². The fourth-order valence-electron chi connectivity index (χ4n) is 3.78. The van der Waals surface area contributed by atoms with E-state index in [1.54, 1.807) is 17.0 Å². The Morgan fingerprint density at radius 3 is 2.15 bits per heavy atom. The molecule has 0 aliphatic heterocycles. The number of rotatable bonds is 10. The first-order valence-corrected chi connectivity index (χ1v) is 11.4. The van der Waals surface area contributed by atoms with Crippen molar-refractivity contribution in [3.63, 3.8) is 0 Å². The van der Waals surface area contributed by atoms with Crippen molar-refractivity contribution in [2.45, 2.75) is 45.7 Å². The van der Waals surface area contributed by atoms with Crippen LogP contribution in [0.15, 0.2) is 78.9 Å². The fourth-order valence-corrected chi connectivity index (χ4v) is 3.78. The molecule has 5 heteroatoms. The van der Waals surface area contributed by atoms with Gasteiger partial charge in [-0.2, -0.15) is 0 Å². The van der Waals surface area contributed by atoms with Crippen LogP contribution in [0.2, 0.25) is 0 Å². The molecular formula is C28H31FN2O2. The van der Waals surface area contributed by atoms with Crippen molar-refractivity contribution in [3.05, 3.63) is 107 Å². The van der Waals surface area contributed by atoms with Gasteiger partial charge in [-0.1, -0.05) is 72.3 Å². The van der Waals surface area contributed by atoms with E-state index in [2.05, 4.69) is 5.32 Å². The summed E-state index contributed by atoms with van der Waals surface area (Å²) in [5.74, 6) is -0.625. The first-order chi connectivity index (χ1) is 16.0. The summed E-state index contributed by atoms with van der Waals surface area (Å²) >= 11 is 0. The maximum absolute atomic E-state index is 13.5. The van der Waals surface area contributed by atoms with Gasteiger partial charge in [0.2, 0.25) is 11.8 Å². The minimum absolute atomic E-state index is 0.105. The Morgan fingerprint density at radius 2 is 1.52 bits per heavy atom. The molecule has 4 nitrogen and oxygen atoms in total. The van der Waals surface area contributed by atoms with Crippen molar-refractivity contribution >= 4 is 11.8 Å². The van der Waals surface area contributed by atoms with Gasteiger partial charge in [0, 0.05) is 25.9 Å². The van der Waals surface area contributed by atoms with Crippen molar-refractivity contribution in [1.29, 1.82) is 0 Å². The summed E-state index contributed by atoms with van der Waals surface area (Å²) < 4.78 is 13.4. The maximum atomic E-state index is 13.5. The number of nitrogens with zero attached hydrogens (tertiary/aromatic N) is 1. The quantitative estimate of drug-likeness (QED) is 0.484. The smallest absolute Gasteiger partial charge is 0.243 e. The highest BCUT2D eigenvalue weighted by molar-refractivity contribution is 5.88. The Kier molecular flexibility index (Phi) is 8.76. The molecule has 0 spiro atoms. The number of hydrogen-bond donors (Lipinski definition) is 1. The number of benzene rings is 3. The highest BCUT2D eigenvalue weighted by Crippen LogP contribution is 2.17. The van der Waals surface area contributed by atoms with Crippen LogP contribution in [0.3, 0.4) is 0 Å². The second kappa shape index (κ2) is 12.0. The third-order valence-corrected chi connectivity index (χ3v) is 5.64. The number of carbonyl (C=O) groups excluding carboxylic acids is 2. The predicted molar refractivity (Wildman–Crippen MR) is 129 cm³/mol. The second-order valence-electron chi connectivity index (χ2n) is 8.23. The zero-order chi connectivity index (χ0) is 23.6. The Hall–Kier alpha value is -3.47. The summed E-state index contributed by atoms with van der Waals surface area (Å²) in [5, 5.41) is 2.88. The van der Waals surface area contributed by atoms with Gasteiger partial charge in [-0.25, -0.2) is 4.39 Å². The third kappa shape index (κ3) is 7.28. The van der Waals surface area contributed by atoms with Gasteiger partial charge in [0.15, 0.2) is 0 Å². The minimum Gasteiger partial charge on any atom is -0.355 e. The number of halogens is 1. The summed E-state index contributed by atoms with van der Waals surface area (Å²) in [6.45, 7) is 4.61. The van der Waals surface area contributed by atoms with E-state index in [1.165, 1.54) is 17.7 Å². The number of amides is 2. The van der Waals surface area contributed by atoms with Crippen LogP contribution in [0.4, 0.5) is 4.39 Å². The zero-order valence-corrected chi connectivity index (χ0v) is 19.3. The van der Waals surface area contributed by atoms with E-state index in [1.807, 2.05) is 68.4 Å². The van der Waals surface area contributed by atoms with Gasteiger partial charge in [-0.3, -0.25) is 9.59 Å². The summed E-state index contributed by atoms with van der Waals surface area (Å²) in [7, 11) is 0. The van der Waals surface area contributed by atoms with Crippen molar-refractivity contribution in [3.8, 4) is 0 Å². The number of aryl methyl sites for hydroxylation is 2. The average Bonchev–Trinajstić information content (AvgIpc) is 2.82. The van der Waals surface area contributed by atoms with Gasteiger partial charge >= 0.3 is 0 Å². The molecule has 0 aromatic heterocycles. The maximum Gasteiger partial charge on any atom is 0.243 e. The lowest BCUT2D eigenvalue weighted by Crippen LogP contribution is -2.50. The lowest BCUT2D eigenvalue weighted by molar-refractivity contribution is -0.141. The van der Waals surface area contributed by atoms with Gasteiger partial charge < -0.3 is 10.2 Å². The van der Waals surface area contributed by atoms with E-state index in [-0.39, 0.29) is 30.6 Å². The molecule has 3 aromatic carbocycles. The summed E-state index contributed by atoms with van der Waals surface area (Å²) in [4.78, 5) is 28.2. The molecule has 0 heterocycles. The van der Waals surface area contributed by atoms with Crippen LogP contribution < -0.4 is 5.32 Å². The Labute approximate surface area is 195 Å². The van der Waals surface area contributed by atoms with E-state index in [4.69, 9.17) is 0 Å². The normalized spacial score (nSPS) is 11.6. The van der Waals surface area contributed by atoms with Gasteiger partial charge in [-0.05, 0) is 49.1 Å². The van der Waals surface area contributed by atoms with E-state index in [0.717, 1.165) is 16.7 Å². The van der Waals surface area contributed by atoms with Crippen LogP contribution in [-0.2, 0) is 29.0 Å². The van der Waals surface area contributed by atoms with Crippen LogP contribution in [0.25, 0.3) is 0 Å². The molecule has 0 radical (unpaired) electrons. The molecule has 0 fully saturated rings. The summed E-state index contributed by atoms with van der Waals surface area (Å²) in [5.41, 5.74) is 4.00. The van der Waals surface area contributed by atoms with E-state index in [9.17, 15) is 14.0 Å². The van der Waals surface area contributed by atoms with Crippen LogP contribution in [0.1, 0.15) is 35.6 Å². The highest BCUT2D eigenvalue weighted by atomic mass is 19.1. The Morgan fingerprint density at radius 1 is 0.879 bits per heavy atom. The molecule has 3 rings (SSSR count). The molecule has 1 N–H and O–H groups in total. The molecule has 172 valence electrons. The molecule has 0 saturated carbocycles. The Balaban J connectivity index is 1.87. The number of hydrogen-bond acceptors (Lipinski definition) is 2. The van der Waals surface area contributed by atoms with Crippen molar-refractivity contribution in [1.82, 2.24) is 10.2 Å². The zero-order valence-electron chi connectivity index (χ0n) is 19.3. The van der Waals surface area contributed by atoms with Gasteiger partial charge in [-0.15, -0.1) is 0 Å². The molecule has 0 aliphatic rings. The minimum atomic E-state index is -0.664. The van der Waals surface area contributed by atoms with E-state index >= 15 is 0 Å². The molecule has 2 amide bonds. The Bertz CT molecular complexity index is 1030. The largest absolute Gasteiger partial charge is 0.355 e. The van der Waals surface area contributed by atoms with Crippen LogP contribution in [0, 0.1) is 12.7 Å². The van der Waals surface area contributed by atoms with Crippen molar-refractivity contribution in [2.24, 2.45) is 0 Å².